The van der Waals surface area contributed by atoms with E-state index in [-0.39, 0.29) is 17.8 Å². The SMILES string of the molecule is CCOC(=O)C1CCN(CC(=O)NCCC(C)C)CC1. The van der Waals surface area contributed by atoms with Gasteiger partial charge in [0.1, 0.15) is 0 Å². The maximum absolute atomic E-state index is 11.8. The number of piperidine rings is 1. The van der Waals surface area contributed by atoms with Gasteiger partial charge in [0.15, 0.2) is 0 Å². The molecule has 116 valence electrons. The normalized spacial score (nSPS) is 17.2. The van der Waals surface area contributed by atoms with Gasteiger partial charge in [-0.2, -0.15) is 0 Å². The topological polar surface area (TPSA) is 58.6 Å². The minimum absolute atomic E-state index is 0.00945. The van der Waals surface area contributed by atoms with Crippen molar-refractivity contribution in [1.82, 2.24) is 10.2 Å². The minimum atomic E-state index is -0.0893. The fourth-order valence-corrected chi connectivity index (χ4v) is 2.35. The summed E-state index contributed by atoms with van der Waals surface area (Å²) in [6.45, 7) is 9.33. The molecule has 0 aromatic heterocycles. The molecule has 0 atom stereocenters. The number of nitrogens with one attached hydrogen (secondary N) is 1. The lowest BCUT2D eigenvalue weighted by Crippen LogP contribution is -2.43. The van der Waals surface area contributed by atoms with E-state index in [1.54, 1.807) is 0 Å². The number of rotatable bonds is 7. The zero-order chi connectivity index (χ0) is 15.0. The molecule has 0 aromatic rings. The van der Waals surface area contributed by atoms with E-state index in [0.29, 0.717) is 19.1 Å². The van der Waals surface area contributed by atoms with E-state index < -0.39 is 0 Å². The molecular weight excluding hydrogens is 256 g/mol. The first-order valence-electron chi connectivity index (χ1n) is 7.68. The Labute approximate surface area is 122 Å². The van der Waals surface area contributed by atoms with Gasteiger partial charge in [-0.3, -0.25) is 14.5 Å². The second-order valence-corrected chi connectivity index (χ2v) is 5.83. The first-order chi connectivity index (χ1) is 9.52. The number of carbonyl (C=O) groups is 2. The summed E-state index contributed by atoms with van der Waals surface area (Å²) in [5.74, 6) is 0.611. The molecule has 5 nitrogen and oxygen atoms in total. The van der Waals surface area contributed by atoms with Crippen LogP contribution in [0.1, 0.15) is 40.0 Å². The van der Waals surface area contributed by atoms with Crippen LogP contribution in [0.3, 0.4) is 0 Å². The van der Waals surface area contributed by atoms with Crippen LogP contribution in [-0.4, -0.2) is 49.6 Å². The van der Waals surface area contributed by atoms with Crippen LogP contribution < -0.4 is 5.32 Å². The van der Waals surface area contributed by atoms with Gasteiger partial charge < -0.3 is 10.1 Å². The smallest absolute Gasteiger partial charge is 0.309 e. The zero-order valence-electron chi connectivity index (χ0n) is 13.0. The van der Waals surface area contributed by atoms with E-state index >= 15 is 0 Å². The minimum Gasteiger partial charge on any atom is -0.466 e. The van der Waals surface area contributed by atoms with Crippen LogP contribution in [0, 0.1) is 11.8 Å². The Bertz CT molecular complexity index is 310. The summed E-state index contributed by atoms with van der Waals surface area (Å²) < 4.78 is 5.04. The fraction of sp³-hybridized carbons (Fsp3) is 0.867. The summed E-state index contributed by atoms with van der Waals surface area (Å²) in [5, 5.41) is 2.94. The van der Waals surface area contributed by atoms with Gasteiger partial charge in [0.25, 0.3) is 0 Å². The average Bonchev–Trinajstić information content (AvgIpc) is 2.39. The number of carbonyl (C=O) groups excluding carboxylic acids is 2. The molecule has 0 aromatic carbocycles. The first-order valence-corrected chi connectivity index (χ1v) is 7.68. The highest BCUT2D eigenvalue weighted by Gasteiger charge is 2.26. The van der Waals surface area contributed by atoms with Crippen molar-refractivity contribution in [2.45, 2.75) is 40.0 Å². The molecule has 0 bridgehead atoms. The molecule has 1 saturated heterocycles. The van der Waals surface area contributed by atoms with Crippen LogP contribution in [0.5, 0.6) is 0 Å². The molecule has 0 unspecified atom stereocenters. The maximum Gasteiger partial charge on any atom is 0.309 e. The molecule has 0 aliphatic carbocycles. The molecule has 1 amide bonds. The molecule has 1 aliphatic heterocycles. The Hall–Kier alpha value is -1.10. The summed E-state index contributed by atoms with van der Waals surface area (Å²) >= 11 is 0. The van der Waals surface area contributed by atoms with Crippen molar-refractivity contribution in [3.8, 4) is 0 Å². The Balaban J connectivity index is 2.18. The second kappa shape index (κ2) is 8.95. The zero-order valence-corrected chi connectivity index (χ0v) is 13.0. The summed E-state index contributed by atoms with van der Waals surface area (Å²) in [5.41, 5.74) is 0. The van der Waals surface area contributed by atoms with Gasteiger partial charge in [-0.05, 0) is 45.2 Å². The highest BCUT2D eigenvalue weighted by molar-refractivity contribution is 5.78. The van der Waals surface area contributed by atoms with Gasteiger partial charge in [0.05, 0.1) is 19.1 Å². The van der Waals surface area contributed by atoms with Gasteiger partial charge in [-0.1, -0.05) is 13.8 Å². The van der Waals surface area contributed by atoms with Gasteiger partial charge in [-0.25, -0.2) is 0 Å². The number of hydrogen-bond donors (Lipinski definition) is 1. The monoisotopic (exact) mass is 284 g/mol. The number of likely N-dealkylation sites (tertiary alicyclic amines) is 1. The Morgan fingerprint density at radius 2 is 1.95 bits per heavy atom. The maximum atomic E-state index is 11.8. The molecule has 0 spiro atoms. The van der Waals surface area contributed by atoms with Gasteiger partial charge >= 0.3 is 5.97 Å². The molecule has 0 radical (unpaired) electrons. The van der Waals surface area contributed by atoms with Crippen LogP contribution >= 0.6 is 0 Å². The molecule has 1 fully saturated rings. The van der Waals surface area contributed by atoms with Crippen LogP contribution in [-0.2, 0) is 14.3 Å². The molecule has 20 heavy (non-hydrogen) atoms. The largest absolute Gasteiger partial charge is 0.466 e. The molecule has 1 heterocycles. The third-order valence-corrected chi connectivity index (χ3v) is 3.62. The van der Waals surface area contributed by atoms with Gasteiger partial charge in [0, 0.05) is 6.54 Å². The average molecular weight is 284 g/mol. The third-order valence-electron chi connectivity index (χ3n) is 3.62. The number of amides is 1. The van der Waals surface area contributed by atoms with Gasteiger partial charge in [-0.15, -0.1) is 0 Å². The van der Waals surface area contributed by atoms with E-state index in [0.717, 1.165) is 38.9 Å². The first kappa shape index (κ1) is 17.0. The highest BCUT2D eigenvalue weighted by Crippen LogP contribution is 2.18. The van der Waals surface area contributed by atoms with Crippen LogP contribution in [0.15, 0.2) is 0 Å². The summed E-state index contributed by atoms with van der Waals surface area (Å²) in [6.07, 6.45) is 2.59. The van der Waals surface area contributed by atoms with Crippen molar-refractivity contribution in [1.29, 1.82) is 0 Å². The lowest BCUT2D eigenvalue weighted by Gasteiger charge is -2.30. The molecule has 0 saturated carbocycles. The standard InChI is InChI=1S/C15H28N2O3/c1-4-20-15(19)13-6-9-17(10-7-13)11-14(18)16-8-5-12(2)3/h12-13H,4-11H2,1-3H3,(H,16,18). The summed E-state index contributed by atoms with van der Waals surface area (Å²) in [4.78, 5) is 25.5. The third kappa shape index (κ3) is 6.37. The van der Waals surface area contributed by atoms with Crippen molar-refractivity contribution in [2.75, 3.05) is 32.8 Å². The highest BCUT2D eigenvalue weighted by atomic mass is 16.5. The molecular formula is C15H28N2O3. The molecule has 1 rings (SSSR count). The molecule has 1 N–H and O–H groups in total. The predicted octanol–water partition coefficient (Wildman–Crippen LogP) is 1.42. The molecule has 5 heteroatoms. The van der Waals surface area contributed by atoms with Crippen molar-refractivity contribution in [2.24, 2.45) is 11.8 Å². The predicted molar refractivity (Wildman–Crippen MR) is 78.3 cm³/mol. The van der Waals surface area contributed by atoms with E-state index in [2.05, 4.69) is 24.1 Å². The quantitative estimate of drug-likeness (QED) is 0.718. The van der Waals surface area contributed by atoms with Crippen molar-refractivity contribution < 1.29 is 14.3 Å². The second-order valence-electron chi connectivity index (χ2n) is 5.83. The Morgan fingerprint density at radius 1 is 1.30 bits per heavy atom. The lowest BCUT2D eigenvalue weighted by molar-refractivity contribution is -0.149. The van der Waals surface area contributed by atoms with Crippen molar-refractivity contribution in [3.05, 3.63) is 0 Å². The number of esters is 1. The fourth-order valence-electron chi connectivity index (χ4n) is 2.35. The van der Waals surface area contributed by atoms with E-state index in [1.165, 1.54) is 0 Å². The number of ether oxygens (including phenoxy) is 1. The molecule has 1 aliphatic rings. The van der Waals surface area contributed by atoms with E-state index in [9.17, 15) is 9.59 Å². The summed E-state index contributed by atoms with van der Waals surface area (Å²) in [7, 11) is 0. The number of hydrogen-bond acceptors (Lipinski definition) is 4. The van der Waals surface area contributed by atoms with E-state index in [1.807, 2.05) is 6.92 Å². The van der Waals surface area contributed by atoms with Crippen molar-refractivity contribution in [3.63, 3.8) is 0 Å². The Morgan fingerprint density at radius 3 is 2.50 bits per heavy atom. The lowest BCUT2D eigenvalue weighted by atomic mass is 9.97. The van der Waals surface area contributed by atoms with Crippen molar-refractivity contribution >= 4 is 11.9 Å². The van der Waals surface area contributed by atoms with Crippen LogP contribution in [0.25, 0.3) is 0 Å². The number of nitrogens with zero attached hydrogens (tertiary/aromatic N) is 1. The van der Waals surface area contributed by atoms with Crippen LogP contribution in [0.2, 0.25) is 0 Å². The van der Waals surface area contributed by atoms with Gasteiger partial charge in [0.2, 0.25) is 5.91 Å². The summed E-state index contributed by atoms with van der Waals surface area (Å²) in [6, 6.07) is 0. The van der Waals surface area contributed by atoms with Crippen LogP contribution in [0.4, 0.5) is 0 Å². The van der Waals surface area contributed by atoms with E-state index in [4.69, 9.17) is 4.74 Å². The Kier molecular flexibility index (Phi) is 7.59.